The number of benzene rings is 1. The minimum absolute atomic E-state index is 0.562. The molecular weight excluding hydrogens is 362 g/mol. The molecule has 0 fully saturated rings. The van der Waals surface area contributed by atoms with Crippen molar-refractivity contribution in [3.05, 3.63) is 47.7 Å². The van der Waals surface area contributed by atoms with Crippen LogP contribution in [0.4, 0.5) is 17.2 Å². The Kier molecular flexibility index (Phi) is 6.02. The fourth-order valence-electron chi connectivity index (χ4n) is 4.18. The van der Waals surface area contributed by atoms with Crippen LogP contribution in [-0.2, 0) is 24.6 Å². The summed E-state index contributed by atoms with van der Waals surface area (Å²) in [6.45, 7) is 4.29. The first-order chi connectivity index (χ1) is 14.2. The van der Waals surface area contributed by atoms with Crippen LogP contribution in [0.15, 0.2) is 36.4 Å². The summed E-state index contributed by atoms with van der Waals surface area (Å²) >= 11 is 0. The van der Waals surface area contributed by atoms with E-state index in [1.807, 2.05) is 6.92 Å². The molecule has 1 aliphatic rings. The molecule has 0 saturated heterocycles. The molecule has 1 unspecified atom stereocenters. The van der Waals surface area contributed by atoms with E-state index in [1.165, 1.54) is 23.1 Å². The molecule has 29 heavy (non-hydrogen) atoms. The highest BCUT2D eigenvalue weighted by atomic mass is 16.5. The van der Waals surface area contributed by atoms with Crippen LogP contribution in [0.5, 0.6) is 0 Å². The summed E-state index contributed by atoms with van der Waals surface area (Å²) in [7, 11) is 4.20. The molecule has 1 aliphatic carbocycles. The van der Waals surface area contributed by atoms with Crippen molar-refractivity contribution in [2.45, 2.75) is 32.2 Å². The van der Waals surface area contributed by atoms with Gasteiger partial charge in [-0.15, -0.1) is 0 Å². The Labute approximate surface area is 172 Å². The van der Waals surface area contributed by atoms with Crippen molar-refractivity contribution in [1.29, 1.82) is 0 Å². The normalized spacial score (nSPS) is 16.0. The van der Waals surface area contributed by atoms with E-state index in [9.17, 15) is 0 Å². The van der Waals surface area contributed by atoms with Crippen molar-refractivity contribution < 1.29 is 4.74 Å². The maximum Gasteiger partial charge on any atom is 0.142 e. The van der Waals surface area contributed by atoms with Gasteiger partial charge in [-0.25, -0.2) is 4.98 Å². The minimum atomic E-state index is 0.562. The lowest BCUT2D eigenvalue weighted by molar-refractivity contribution is 0.158. The van der Waals surface area contributed by atoms with E-state index in [0.29, 0.717) is 6.04 Å². The molecule has 3 aromatic rings. The van der Waals surface area contributed by atoms with Gasteiger partial charge in [0.25, 0.3) is 0 Å². The topological polar surface area (TPSA) is 63.1 Å². The van der Waals surface area contributed by atoms with Crippen molar-refractivity contribution in [3.63, 3.8) is 0 Å². The number of aromatic nitrogens is 2. The Morgan fingerprint density at radius 2 is 1.93 bits per heavy atom. The maximum absolute atomic E-state index is 5.36. The zero-order valence-electron chi connectivity index (χ0n) is 17.6. The van der Waals surface area contributed by atoms with E-state index in [4.69, 9.17) is 9.72 Å². The van der Waals surface area contributed by atoms with Gasteiger partial charge in [-0.05, 0) is 75.2 Å². The fourth-order valence-corrected chi connectivity index (χ4v) is 4.18. The number of pyridine rings is 1. The van der Waals surface area contributed by atoms with Crippen molar-refractivity contribution >= 4 is 28.2 Å². The summed E-state index contributed by atoms with van der Waals surface area (Å²) in [5.41, 5.74) is 6.06. The molecule has 0 saturated carbocycles. The van der Waals surface area contributed by atoms with Crippen molar-refractivity contribution in [2.24, 2.45) is 7.05 Å². The molecule has 2 aromatic heterocycles. The van der Waals surface area contributed by atoms with E-state index in [0.717, 1.165) is 55.4 Å². The van der Waals surface area contributed by atoms with Crippen LogP contribution >= 0.6 is 0 Å². The largest absolute Gasteiger partial charge is 0.383 e. The molecule has 1 aromatic carbocycles. The van der Waals surface area contributed by atoms with Crippen LogP contribution in [-0.4, -0.2) is 42.4 Å². The van der Waals surface area contributed by atoms with Gasteiger partial charge in [0, 0.05) is 48.7 Å². The predicted molar refractivity (Wildman–Crippen MR) is 120 cm³/mol. The van der Waals surface area contributed by atoms with E-state index < -0.39 is 0 Å². The van der Waals surface area contributed by atoms with Crippen LogP contribution < -0.4 is 16.0 Å². The maximum atomic E-state index is 5.36. The standard InChI is InChI=1S/C23H31N5O/c1-4-29-14-13-25-16-5-7-17(8-6-16)26-22-12-10-19-20-15-18(24-2)9-11-21(20)28(3)23(19)27-22/h5-8,10,12,18,24-25H,4,9,11,13-15H2,1-3H3,(H,26,27). The first kappa shape index (κ1) is 19.7. The molecule has 3 N–H and O–H groups in total. The average Bonchev–Trinajstić information content (AvgIpc) is 3.03. The number of rotatable bonds is 8. The van der Waals surface area contributed by atoms with Crippen LogP contribution in [0, 0.1) is 0 Å². The second-order valence-electron chi connectivity index (χ2n) is 7.61. The van der Waals surface area contributed by atoms with Crippen molar-refractivity contribution in [3.8, 4) is 0 Å². The number of aryl methyl sites for hydroxylation is 1. The summed E-state index contributed by atoms with van der Waals surface area (Å²) in [5.74, 6) is 0.873. The Morgan fingerprint density at radius 1 is 1.14 bits per heavy atom. The number of likely N-dealkylation sites (N-methyl/N-ethyl adjacent to an activating group) is 1. The number of ether oxygens (including phenoxy) is 1. The van der Waals surface area contributed by atoms with Crippen molar-refractivity contribution in [2.75, 3.05) is 37.4 Å². The molecule has 0 bridgehead atoms. The van der Waals surface area contributed by atoms with E-state index in [1.54, 1.807) is 0 Å². The van der Waals surface area contributed by atoms with Gasteiger partial charge >= 0.3 is 0 Å². The van der Waals surface area contributed by atoms with Gasteiger partial charge in [-0.1, -0.05) is 0 Å². The second kappa shape index (κ2) is 8.84. The second-order valence-corrected chi connectivity index (χ2v) is 7.61. The smallest absolute Gasteiger partial charge is 0.142 e. The number of anilines is 3. The molecule has 0 amide bonds. The minimum Gasteiger partial charge on any atom is -0.383 e. The number of fused-ring (bicyclic) bond motifs is 3. The summed E-state index contributed by atoms with van der Waals surface area (Å²) in [4.78, 5) is 4.92. The lowest BCUT2D eigenvalue weighted by Crippen LogP contribution is -2.31. The first-order valence-electron chi connectivity index (χ1n) is 10.5. The molecule has 0 aliphatic heterocycles. The van der Waals surface area contributed by atoms with Gasteiger partial charge in [-0.2, -0.15) is 0 Å². The van der Waals surface area contributed by atoms with Gasteiger partial charge in [-0.3, -0.25) is 0 Å². The zero-order chi connectivity index (χ0) is 20.2. The predicted octanol–water partition coefficient (Wildman–Crippen LogP) is 3.84. The summed E-state index contributed by atoms with van der Waals surface area (Å²) in [6, 6.07) is 13.2. The molecule has 1 atom stereocenters. The van der Waals surface area contributed by atoms with Crippen molar-refractivity contribution in [1.82, 2.24) is 14.9 Å². The van der Waals surface area contributed by atoms with Gasteiger partial charge in [0.1, 0.15) is 11.5 Å². The third kappa shape index (κ3) is 4.23. The number of hydrogen-bond donors (Lipinski definition) is 3. The molecule has 2 heterocycles. The third-order valence-electron chi connectivity index (χ3n) is 5.80. The Morgan fingerprint density at radius 3 is 2.69 bits per heavy atom. The van der Waals surface area contributed by atoms with Crippen LogP contribution in [0.1, 0.15) is 24.6 Å². The number of nitrogens with one attached hydrogen (secondary N) is 3. The number of nitrogens with zero attached hydrogens (tertiary/aromatic N) is 2. The van der Waals surface area contributed by atoms with E-state index in [-0.39, 0.29) is 0 Å². The Balaban J connectivity index is 1.48. The quantitative estimate of drug-likeness (QED) is 0.508. The average molecular weight is 394 g/mol. The molecule has 0 spiro atoms. The summed E-state index contributed by atoms with van der Waals surface area (Å²) in [6.07, 6.45) is 3.37. The zero-order valence-corrected chi connectivity index (χ0v) is 17.6. The van der Waals surface area contributed by atoms with Gasteiger partial charge < -0.3 is 25.3 Å². The highest BCUT2D eigenvalue weighted by Crippen LogP contribution is 2.32. The van der Waals surface area contributed by atoms with Crippen LogP contribution in [0.25, 0.3) is 11.0 Å². The van der Waals surface area contributed by atoms with Gasteiger partial charge in [0.2, 0.25) is 0 Å². The molecule has 6 nitrogen and oxygen atoms in total. The monoisotopic (exact) mass is 393 g/mol. The molecular formula is C23H31N5O. The highest BCUT2D eigenvalue weighted by molar-refractivity contribution is 5.84. The molecule has 154 valence electrons. The third-order valence-corrected chi connectivity index (χ3v) is 5.80. The lowest BCUT2D eigenvalue weighted by atomic mass is 9.92. The molecule has 4 rings (SSSR count). The SMILES string of the molecule is CCOCCNc1ccc(Nc2ccc3c4c(n(C)c3n2)CCC(NC)C4)cc1. The molecule has 0 radical (unpaired) electrons. The summed E-state index contributed by atoms with van der Waals surface area (Å²) in [5, 5.41) is 11.5. The van der Waals surface area contributed by atoms with E-state index in [2.05, 4.69) is 71.0 Å². The van der Waals surface area contributed by atoms with Gasteiger partial charge in [0.15, 0.2) is 0 Å². The highest BCUT2D eigenvalue weighted by Gasteiger charge is 2.24. The Bertz CT molecular complexity index is 964. The first-order valence-corrected chi connectivity index (χ1v) is 10.5. The van der Waals surface area contributed by atoms with Gasteiger partial charge in [0.05, 0.1) is 6.61 Å². The molecule has 6 heteroatoms. The summed E-state index contributed by atoms with van der Waals surface area (Å²) < 4.78 is 7.63. The Hall–Kier alpha value is -2.57. The van der Waals surface area contributed by atoms with E-state index >= 15 is 0 Å². The van der Waals surface area contributed by atoms with Crippen LogP contribution in [0.2, 0.25) is 0 Å². The number of hydrogen-bond acceptors (Lipinski definition) is 5. The fraction of sp³-hybridized carbons (Fsp3) is 0.435. The lowest BCUT2D eigenvalue weighted by Gasteiger charge is -2.22. The van der Waals surface area contributed by atoms with Crippen LogP contribution in [0.3, 0.4) is 0 Å².